The number of phenolic OH excluding ortho intramolecular Hbond substituents is 1. The third kappa shape index (κ3) is 3.22. The Hall–Kier alpha value is -2.34. The van der Waals surface area contributed by atoms with Gasteiger partial charge in [0.25, 0.3) is 0 Å². The van der Waals surface area contributed by atoms with E-state index in [9.17, 15) is 19.8 Å². The summed E-state index contributed by atoms with van der Waals surface area (Å²) in [5, 5.41) is 23.0. The number of phenols is 1. The summed E-state index contributed by atoms with van der Waals surface area (Å²) in [4.78, 5) is 23.2. The Balaban J connectivity index is 2.50. The molecular weight excluding hydrogens is 298 g/mol. The maximum atomic E-state index is 11.9. The van der Waals surface area contributed by atoms with Gasteiger partial charge in [0.2, 0.25) is 0 Å². The Morgan fingerprint density at radius 3 is 2.48 bits per heavy atom. The van der Waals surface area contributed by atoms with Gasteiger partial charge in [0.15, 0.2) is 0 Å². The molecule has 0 bridgehead atoms. The molecule has 1 aromatic carbocycles. The zero-order chi connectivity index (χ0) is 17.3. The summed E-state index contributed by atoms with van der Waals surface area (Å²) in [6, 6.07) is 2.45. The molecule has 0 spiro atoms. The summed E-state index contributed by atoms with van der Waals surface area (Å²) in [5.74, 6) is -1.13. The third-order valence-corrected chi connectivity index (χ3v) is 4.13. The molecule has 0 radical (unpaired) electrons. The maximum absolute atomic E-state index is 11.9. The maximum Gasteiger partial charge on any atom is 0.339 e. The highest BCUT2D eigenvalue weighted by Gasteiger charge is 2.22. The molecule has 0 aliphatic heterocycles. The van der Waals surface area contributed by atoms with Crippen molar-refractivity contribution in [3.63, 3.8) is 0 Å². The van der Waals surface area contributed by atoms with Crippen molar-refractivity contribution < 1.29 is 19.4 Å². The van der Waals surface area contributed by atoms with Crippen LogP contribution in [0.3, 0.4) is 0 Å². The zero-order valence-corrected chi connectivity index (χ0v) is 13.6. The molecule has 6 nitrogen and oxygen atoms in total. The van der Waals surface area contributed by atoms with Crippen LogP contribution in [-0.2, 0) is 11.3 Å². The number of fused-ring (bicyclic) bond motifs is 1. The molecule has 0 aliphatic carbocycles. The fraction of sp³-hybridized carbons (Fsp3) is 0.412. The van der Waals surface area contributed by atoms with E-state index >= 15 is 0 Å². The molecular formula is C17H21NO5. The molecule has 2 aromatic rings. The predicted molar refractivity (Wildman–Crippen MR) is 86.7 cm³/mol. The summed E-state index contributed by atoms with van der Waals surface area (Å²) in [7, 11) is 0. The summed E-state index contributed by atoms with van der Waals surface area (Å²) in [5.41, 5.74) is 1.53. The van der Waals surface area contributed by atoms with E-state index in [0.29, 0.717) is 16.7 Å². The quantitative estimate of drug-likeness (QED) is 0.731. The number of benzene rings is 1. The van der Waals surface area contributed by atoms with Gasteiger partial charge in [0, 0.05) is 17.5 Å². The van der Waals surface area contributed by atoms with Gasteiger partial charge in [-0.05, 0) is 37.5 Å². The van der Waals surface area contributed by atoms with E-state index in [1.54, 1.807) is 26.8 Å². The van der Waals surface area contributed by atoms with E-state index < -0.39 is 17.6 Å². The number of carboxylic acids is 1. The summed E-state index contributed by atoms with van der Waals surface area (Å²) in [6.45, 7) is 7.18. The van der Waals surface area contributed by atoms with Crippen LogP contribution in [0, 0.1) is 19.8 Å². The molecule has 0 fully saturated rings. The number of aryl methyl sites for hydroxylation is 1. The monoisotopic (exact) mass is 319 g/mol. The number of aliphatic carboxylic acids is 1. The lowest BCUT2D eigenvalue weighted by atomic mass is 10.0. The van der Waals surface area contributed by atoms with Crippen molar-refractivity contribution in [2.75, 3.05) is 0 Å². The van der Waals surface area contributed by atoms with Crippen molar-refractivity contribution in [3.8, 4) is 5.75 Å². The fourth-order valence-electron chi connectivity index (χ4n) is 2.54. The van der Waals surface area contributed by atoms with Gasteiger partial charge in [-0.15, -0.1) is 0 Å². The van der Waals surface area contributed by atoms with E-state index in [2.05, 4.69) is 5.32 Å². The Morgan fingerprint density at radius 1 is 1.26 bits per heavy atom. The molecule has 0 aliphatic rings. The van der Waals surface area contributed by atoms with Crippen LogP contribution < -0.4 is 10.9 Å². The number of rotatable bonds is 5. The van der Waals surface area contributed by atoms with Crippen LogP contribution in [0.25, 0.3) is 11.0 Å². The second-order valence-corrected chi connectivity index (χ2v) is 6.02. The van der Waals surface area contributed by atoms with Crippen LogP contribution in [0.2, 0.25) is 0 Å². The Labute approximate surface area is 133 Å². The van der Waals surface area contributed by atoms with Gasteiger partial charge in [-0.25, -0.2) is 4.79 Å². The van der Waals surface area contributed by atoms with E-state index in [4.69, 9.17) is 4.42 Å². The van der Waals surface area contributed by atoms with Gasteiger partial charge in [-0.2, -0.15) is 0 Å². The minimum Gasteiger partial charge on any atom is -0.507 e. The first kappa shape index (κ1) is 17.0. The van der Waals surface area contributed by atoms with Gasteiger partial charge in [-0.1, -0.05) is 13.8 Å². The van der Waals surface area contributed by atoms with E-state index in [1.807, 2.05) is 6.92 Å². The molecule has 0 amide bonds. The molecule has 0 unspecified atom stereocenters. The van der Waals surface area contributed by atoms with Crippen molar-refractivity contribution in [1.29, 1.82) is 0 Å². The minimum absolute atomic E-state index is 0.0377. The topological polar surface area (TPSA) is 99.8 Å². The second kappa shape index (κ2) is 6.42. The third-order valence-electron chi connectivity index (χ3n) is 4.13. The lowest BCUT2D eigenvalue weighted by molar-refractivity contribution is -0.140. The molecule has 124 valence electrons. The van der Waals surface area contributed by atoms with Crippen LogP contribution >= 0.6 is 0 Å². The highest BCUT2D eigenvalue weighted by atomic mass is 16.4. The highest BCUT2D eigenvalue weighted by Crippen LogP contribution is 2.29. The SMILES string of the molecule is Cc1c(C)c2ccc(O)c(CN[C@@H](C(=O)O)C(C)C)c2oc1=O. The first-order valence-electron chi connectivity index (χ1n) is 7.45. The van der Waals surface area contributed by atoms with Crippen LogP contribution in [0.1, 0.15) is 30.5 Å². The lowest BCUT2D eigenvalue weighted by Gasteiger charge is -2.19. The van der Waals surface area contributed by atoms with Crippen LogP contribution in [0.4, 0.5) is 0 Å². The van der Waals surface area contributed by atoms with Gasteiger partial charge in [0.1, 0.15) is 17.4 Å². The van der Waals surface area contributed by atoms with Crippen LogP contribution in [-0.4, -0.2) is 22.2 Å². The first-order chi connectivity index (χ1) is 10.7. The molecule has 0 saturated heterocycles. The molecule has 1 atom stereocenters. The molecule has 3 N–H and O–H groups in total. The van der Waals surface area contributed by atoms with Gasteiger partial charge < -0.3 is 14.6 Å². The van der Waals surface area contributed by atoms with E-state index in [-0.39, 0.29) is 18.2 Å². The van der Waals surface area contributed by atoms with Crippen molar-refractivity contribution in [3.05, 3.63) is 39.2 Å². The lowest BCUT2D eigenvalue weighted by Crippen LogP contribution is -2.40. The fourth-order valence-corrected chi connectivity index (χ4v) is 2.54. The summed E-state index contributed by atoms with van der Waals surface area (Å²) >= 11 is 0. The molecule has 6 heteroatoms. The standard InChI is InChI=1S/C17H21NO5/c1-8(2)14(16(20)21)18-7-12-13(19)6-5-11-9(3)10(4)17(22)23-15(11)12/h5-6,8,14,18-19H,7H2,1-4H3,(H,20,21)/t14-/m1/s1. The first-order valence-corrected chi connectivity index (χ1v) is 7.45. The van der Waals surface area contributed by atoms with E-state index in [1.165, 1.54) is 6.07 Å². The van der Waals surface area contributed by atoms with Gasteiger partial charge >= 0.3 is 11.6 Å². The average molecular weight is 319 g/mol. The zero-order valence-electron chi connectivity index (χ0n) is 13.6. The summed E-state index contributed by atoms with van der Waals surface area (Å²) < 4.78 is 5.34. The van der Waals surface area contributed by atoms with Crippen molar-refractivity contribution in [2.24, 2.45) is 5.92 Å². The Morgan fingerprint density at radius 2 is 1.91 bits per heavy atom. The molecule has 23 heavy (non-hydrogen) atoms. The van der Waals surface area contributed by atoms with E-state index in [0.717, 1.165) is 10.9 Å². The second-order valence-electron chi connectivity index (χ2n) is 6.02. The largest absolute Gasteiger partial charge is 0.507 e. The van der Waals surface area contributed by atoms with Crippen LogP contribution in [0.5, 0.6) is 5.75 Å². The number of nitrogens with one attached hydrogen (secondary N) is 1. The van der Waals surface area contributed by atoms with Gasteiger partial charge in [-0.3, -0.25) is 10.1 Å². The van der Waals surface area contributed by atoms with Gasteiger partial charge in [0.05, 0.1) is 5.56 Å². The average Bonchev–Trinajstić information content (AvgIpc) is 2.46. The van der Waals surface area contributed by atoms with Crippen molar-refractivity contribution >= 4 is 16.9 Å². The number of aromatic hydroxyl groups is 1. The number of carbonyl (C=O) groups is 1. The molecule has 2 rings (SSSR count). The van der Waals surface area contributed by atoms with Crippen molar-refractivity contribution in [2.45, 2.75) is 40.3 Å². The smallest absolute Gasteiger partial charge is 0.339 e. The molecule has 1 aromatic heterocycles. The number of carboxylic acid groups (broad SMARTS) is 1. The Kier molecular flexibility index (Phi) is 4.75. The summed E-state index contributed by atoms with van der Waals surface area (Å²) in [6.07, 6.45) is 0. The number of hydrogen-bond donors (Lipinski definition) is 3. The number of hydrogen-bond acceptors (Lipinski definition) is 5. The van der Waals surface area contributed by atoms with Crippen molar-refractivity contribution in [1.82, 2.24) is 5.32 Å². The Bertz CT molecular complexity index is 807. The highest BCUT2D eigenvalue weighted by molar-refractivity contribution is 5.85. The minimum atomic E-state index is -0.965. The predicted octanol–water partition coefficient (Wildman–Crippen LogP) is 2.31. The van der Waals surface area contributed by atoms with Crippen LogP contribution in [0.15, 0.2) is 21.3 Å². The molecule has 1 heterocycles. The molecule has 0 saturated carbocycles. The normalized spacial score (nSPS) is 12.7.